The maximum absolute atomic E-state index is 13.3. The van der Waals surface area contributed by atoms with Crippen LogP contribution in [0.5, 0.6) is 5.75 Å². The van der Waals surface area contributed by atoms with Gasteiger partial charge < -0.3 is 4.74 Å². The van der Waals surface area contributed by atoms with Gasteiger partial charge in [0.2, 0.25) is 0 Å². The normalized spacial score (nSPS) is 10.4. The zero-order valence-electron chi connectivity index (χ0n) is 9.15. The van der Waals surface area contributed by atoms with Crippen LogP contribution in [-0.2, 0) is 6.42 Å². The van der Waals surface area contributed by atoms with E-state index in [1.54, 1.807) is 6.92 Å². The van der Waals surface area contributed by atoms with Crippen molar-refractivity contribution < 1.29 is 13.5 Å². The van der Waals surface area contributed by atoms with Crippen molar-refractivity contribution >= 4 is 0 Å². The van der Waals surface area contributed by atoms with Gasteiger partial charge in [-0.25, -0.2) is 8.78 Å². The second-order valence-electron chi connectivity index (χ2n) is 3.42. The van der Waals surface area contributed by atoms with Crippen LogP contribution in [0.25, 0.3) is 0 Å². The van der Waals surface area contributed by atoms with E-state index in [0.29, 0.717) is 13.0 Å². The summed E-state index contributed by atoms with van der Waals surface area (Å²) in [6.45, 7) is 4.25. The Bertz CT molecular complexity index is 300. The standard InChI is InChI=1S/C12H16F2O/c1-3-5-6-15-9-7-11(13)10(4-2)12(14)8-9/h7-8H,3-6H2,1-2H3. The van der Waals surface area contributed by atoms with E-state index < -0.39 is 11.6 Å². The minimum atomic E-state index is -0.524. The Balaban J connectivity index is 2.75. The van der Waals surface area contributed by atoms with Gasteiger partial charge in [0.25, 0.3) is 0 Å². The molecule has 0 amide bonds. The molecule has 0 saturated carbocycles. The van der Waals surface area contributed by atoms with Crippen LogP contribution in [0, 0.1) is 11.6 Å². The van der Waals surface area contributed by atoms with E-state index in [4.69, 9.17) is 4.74 Å². The van der Waals surface area contributed by atoms with Crippen LogP contribution in [0.3, 0.4) is 0 Å². The topological polar surface area (TPSA) is 9.23 Å². The lowest BCUT2D eigenvalue weighted by Crippen LogP contribution is -2.00. The van der Waals surface area contributed by atoms with Crippen LogP contribution in [0.15, 0.2) is 12.1 Å². The highest BCUT2D eigenvalue weighted by molar-refractivity contribution is 5.30. The zero-order valence-corrected chi connectivity index (χ0v) is 9.15. The van der Waals surface area contributed by atoms with E-state index in [-0.39, 0.29) is 11.3 Å². The van der Waals surface area contributed by atoms with Crippen LogP contribution in [0.4, 0.5) is 8.78 Å². The SMILES string of the molecule is CCCCOc1cc(F)c(CC)c(F)c1. The number of benzene rings is 1. The third-order valence-corrected chi connectivity index (χ3v) is 2.23. The molecule has 0 saturated heterocycles. The average Bonchev–Trinajstić information content (AvgIpc) is 2.18. The molecule has 1 aromatic carbocycles. The quantitative estimate of drug-likeness (QED) is 0.679. The number of hydrogen-bond acceptors (Lipinski definition) is 1. The molecular formula is C12H16F2O. The molecule has 0 aromatic heterocycles. The monoisotopic (exact) mass is 214 g/mol. The third-order valence-electron chi connectivity index (χ3n) is 2.23. The van der Waals surface area contributed by atoms with Gasteiger partial charge in [-0.2, -0.15) is 0 Å². The maximum atomic E-state index is 13.3. The van der Waals surface area contributed by atoms with Gasteiger partial charge in [0.05, 0.1) is 6.61 Å². The van der Waals surface area contributed by atoms with Gasteiger partial charge in [-0.15, -0.1) is 0 Å². The van der Waals surface area contributed by atoms with Crippen LogP contribution < -0.4 is 4.74 Å². The molecular weight excluding hydrogens is 198 g/mol. The summed E-state index contributed by atoms with van der Waals surface area (Å²) in [5, 5.41) is 0. The number of hydrogen-bond donors (Lipinski definition) is 0. The van der Waals surface area contributed by atoms with Gasteiger partial charge in [0, 0.05) is 17.7 Å². The molecule has 0 radical (unpaired) electrons. The highest BCUT2D eigenvalue weighted by Gasteiger charge is 2.09. The smallest absolute Gasteiger partial charge is 0.132 e. The molecule has 0 aliphatic rings. The second kappa shape index (κ2) is 5.69. The van der Waals surface area contributed by atoms with Crippen molar-refractivity contribution in [1.82, 2.24) is 0 Å². The summed E-state index contributed by atoms with van der Waals surface area (Å²) in [4.78, 5) is 0. The first-order valence-electron chi connectivity index (χ1n) is 5.29. The summed E-state index contributed by atoms with van der Waals surface area (Å²) in [6.07, 6.45) is 2.24. The predicted octanol–water partition coefficient (Wildman–Crippen LogP) is 3.71. The lowest BCUT2D eigenvalue weighted by molar-refractivity contribution is 0.305. The van der Waals surface area contributed by atoms with E-state index in [1.165, 1.54) is 12.1 Å². The van der Waals surface area contributed by atoms with E-state index in [1.807, 2.05) is 6.92 Å². The molecule has 84 valence electrons. The van der Waals surface area contributed by atoms with E-state index in [2.05, 4.69) is 0 Å². The Kier molecular flexibility index (Phi) is 4.53. The number of halogens is 2. The molecule has 0 fully saturated rings. The van der Waals surface area contributed by atoms with Crippen molar-refractivity contribution in [2.24, 2.45) is 0 Å². The van der Waals surface area contributed by atoms with Crippen molar-refractivity contribution in [2.45, 2.75) is 33.1 Å². The highest BCUT2D eigenvalue weighted by atomic mass is 19.1. The molecule has 0 atom stereocenters. The molecule has 3 heteroatoms. The van der Waals surface area contributed by atoms with Gasteiger partial charge in [0.15, 0.2) is 0 Å². The summed E-state index contributed by atoms with van der Waals surface area (Å²) in [7, 11) is 0. The lowest BCUT2D eigenvalue weighted by atomic mass is 10.1. The Morgan fingerprint density at radius 3 is 2.20 bits per heavy atom. The Morgan fingerprint density at radius 1 is 1.13 bits per heavy atom. The Labute approximate surface area is 89.1 Å². The van der Waals surface area contributed by atoms with Gasteiger partial charge in [-0.3, -0.25) is 0 Å². The van der Waals surface area contributed by atoms with E-state index in [0.717, 1.165) is 12.8 Å². The molecule has 0 unspecified atom stereocenters. The number of ether oxygens (including phenoxy) is 1. The van der Waals surface area contributed by atoms with Crippen LogP contribution in [0.2, 0.25) is 0 Å². The number of rotatable bonds is 5. The molecule has 15 heavy (non-hydrogen) atoms. The largest absolute Gasteiger partial charge is 0.493 e. The summed E-state index contributed by atoms with van der Waals surface area (Å²) in [5.41, 5.74) is 0.123. The Morgan fingerprint density at radius 2 is 1.73 bits per heavy atom. The average molecular weight is 214 g/mol. The summed E-state index contributed by atoms with van der Waals surface area (Å²) < 4.78 is 31.8. The lowest BCUT2D eigenvalue weighted by Gasteiger charge is -2.08. The minimum Gasteiger partial charge on any atom is -0.493 e. The van der Waals surface area contributed by atoms with Crippen LogP contribution in [-0.4, -0.2) is 6.61 Å². The summed E-state index contributed by atoms with van der Waals surface area (Å²) in [5.74, 6) is -0.774. The van der Waals surface area contributed by atoms with Crippen molar-refractivity contribution in [3.05, 3.63) is 29.3 Å². The molecule has 0 N–H and O–H groups in total. The third kappa shape index (κ3) is 3.18. The maximum Gasteiger partial charge on any atom is 0.132 e. The molecule has 0 spiro atoms. The molecule has 0 aliphatic heterocycles. The van der Waals surface area contributed by atoms with Gasteiger partial charge in [-0.05, 0) is 12.8 Å². The summed E-state index contributed by atoms with van der Waals surface area (Å²) in [6, 6.07) is 2.50. The van der Waals surface area contributed by atoms with Crippen LogP contribution in [0.1, 0.15) is 32.3 Å². The molecule has 0 bridgehead atoms. The predicted molar refractivity (Wildman–Crippen MR) is 56.1 cm³/mol. The van der Waals surface area contributed by atoms with E-state index in [9.17, 15) is 8.78 Å². The Hall–Kier alpha value is -1.12. The highest BCUT2D eigenvalue weighted by Crippen LogP contribution is 2.21. The first-order chi connectivity index (χ1) is 7.19. The molecule has 1 nitrogen and oxygen atoms in total. The minimum absolute atomic E-state index is 0.123. The molecule has 0 heterocycles. The second-order valence-corrected chi connectivity index (χ2v) is 3.42. The molecule has 1 aromatic rings. The summed E-state index contributed by atoms with van der Waals surface area (Å²) >= 11 is 0. The first-order valence-corrected chi connectivity index (χ1v) is 5.29. The van der Waals surface area contributed by atoms with Crippen molar-refractivity contribution in [1.29, 1.82) is 0 Å². The number of unbranched alkanes of at least 4 members (excludes halogenated alkanes) is 1. The van der Waals surface area contributed by atoms with Crippen LogP contribution >= 0.6 is 0 Å². The first kappa shape index (κ1) is 12.0. The van der Waals surface area contributed by atoms with Crippen molar-refractivity contribution in [2.75, 3.05) is 6.61 Å². The van der Waals surface area contributed by atoms with E-state index >= 15 is 0 Å². The molecule has 0 aliphatic carbocycles. The fraction of sp³-hybridized carbons (Fsp3) is 0.500. The van der Waals surface area contributed by atoms with Gasteiger partial charge >= 0.3 is 0 Å². The van der Waals surface area contributed by atoms with Crippen molar-refractivity contribution in [3.63, 3.8) is 0 Å². The zero-order chi connectivity index (χ0) is 11.3. The fourth-order valence-corrected chi connectivity index (χ4v) is 1.34. The fourth-order valence-electron chi connectivity index (χ4n) is 1.34. The van der Waals surface area contributed by atoms with Crippen molar-refractivity contribution in [3.8, 4) is 5.75 Å². The molecule has 1 rings (SSSR count). The van der Waals surface area contributed by atoms with Gasteiger partial charge in [0.1, 0.15) is 17.4 Å². The van der Waals surface area contributed by atoms with Gasteiger partial charge in [-0.1, -0.05) is 20.3 Å².